The number of amides is 2. The van der Waals surface area contributed by atoms with Gasteiger partial charge in [0.2, 0.25) is 5.91 Å². The number of nitrogens with zero attached hydrogens (tertiary/aromatic N) is 2. The predicted molar refractivity (Wildman–Crippen MR) is 79.7 cm³/mol. The zero-order valence-corrected chi connectivity index (χ0v) is 12.9. The average molecular weight is 361 g/mol. The molecule has 2 rings (SSSR count). The summed E-state index contributed by atoms with van der Waals surface area (Å²) in [6, 6.07) is 6.13. The Balaban J connectivity index is 2.38. The third kappa shape index (κ3) is 4.05. The van der Waals surface area contributed by atoms with E-state index < -0.39 is 29.2 Å². The lowest BCUT2D eigenvalue weighted by Crippen LogP contribution is -2.29. The molecule has 2 aromatic rings. The standard InChI is InChI=1S/C14H12ClF3N4O2/c15-9-3-1-2-4-10(9)22-7-8(12(21-22)14(16,17)18)13(24)20-6-5-11(19)23/h1-4,7H,5-6H2,(H2,19,23)(H,20,24). The van der Waals surface area contributed by atoms with E-state index in [4.69, 9.17) is 17.3 Å². The summed E-state index contributed by atoms with van der Waals surface area (Å²) < 4.78 is 40.3. The molecular weight excluding hydrogens is 349 g/mol. The van der Waals surface area contributed by atoms with E-state index in [1.54, 1.807) is 12.1 Å². The number of para-hydroxylation sites is 1. The van der Waals surface area contributed by atoms with Crippen molar-refractivity contribution in [2.24, 2.45) is 5.73 Å². The van der Waals surface area contributed by atoms with E-state index in [9.17, 15) is 22.8 Å². The van der Waals surface area contributed by atoms with E-state index in [-0.39, 0.29) is 23.7 Å². The minimum atomic E-state index is -4.83. The first-order chi connectivity index (χ1) is 11.2. The molecule has 0 unspecified atom stereocenters. The van der Waals surface area contributed by atoms with E-state index in [1.807, 2.05) is 0 Å². The number of halogens is 4. The summed E-state index contributed by atoms with van der Waals surface area (Å²) in [5.74, 6) is -1.69. The molecule has 1 aromatic carbocycles. The van der Waals surface area contributed by atoms with E-state index in [2.05, 4.69) is 10.4 Å². The molecule has 0 fully saturated rings. The quantitative estimate of drug-likeness (QED) is 0.856. The van der Waals surface area contributed by atoms with Crippen LogP contribution in [0.5, 0.6) is 0 Å². The molecule has 0 atom stereocenters. The number of aromatic nitrogens is 2. The van der Waals surface area contributed by atoms with Crippen LogP contribution in [0.3, 0.4) is 0 Å². The summed E-state index contributed by atoms with van der Waals surface area (Å²) in [5.41, 5.74) is 3.08. The topological polar surface area (TPSA) is 90.0 Å². The van der Waals surface area contributed by atoms with Crippen LogP contribution in [0.4, 0.5) is 13.2 Å². The molecule has 3 N–H and O–H groups in total. The molecule has 10 heteroatoms. The fraction of sp³-hybridized carbons (Fsp3) is 0.214. The molecule has 0 bridgehead atoms. The van der Waals surface area contributed by atoms with Crippen LogP contribution >= 0.6 is 11.6 Å². The Morgan fingerprint density at radius 1 is 1.29 bits per heavy atom. The molecule has 1 aromatic heterocycles. The van der Waals surface area contributed by atoms with E-state index in [1.165, 1.54) is 12.1 Å². The first-order valence-corrected chi connectivity index (χ1v) is 7.06. The highest BCUT2D eigenvalue weighted by Gasteiger charge is 2.39. The maximum Gasteiger partial charge on any atom is 0.435 e. The van der Waals surface area contributed by atoms with Gasteiger partial charge in [0.15, 0.2) is 5.69 Å². The molecule has 2 amide bonds. The monoisotopic (exact) mass is 360 g/mol. The van der Waals surface area contributed by atoms with Crippen molar-refractivity contribution in [3.05, 3.63) is 46.7 Å². The van der Waals surface area contributed by atoms with Gasteiger partial charge in [-0.05, 0) is 12.1 Å². The lowest BCUT2D eigenvalue weighted by molar-refractivity contribution is -0.141. The molecule has 0 spiro atoms. The van der Waals surface area contributed by atoms with Gasteiger partial charge in [0, 0.05) is 19.2 Å². The van der Waals surface area contributed by atoms with Gasteiger partial charge < -0.3 is 11.1 Å². The molecular formula is C14H12ClF3N4O2. The fourth-order valence-electron chi connectivity index (χ4n) is 1.90. The molecule has 0 aliphatic rings. The Morgan fingerprint density at radius 2 is 1.96 bits per heavy atom. The minimum absolute atomic E-state index is 0.175. The molecule has 0 saturated carbocycles. The smallest absolute Gasteiger partial charge is 0.370 e. The van der Waals surface area contributed by atoms with Crippen LogP contribution in [0, 0.1) is 0 Å². The number of hydrogen-bond acceptors (Lipinski definition) is 3. The van der Waals surface area contributed by atoms with E-state index in [0.29, 0.717) is 0 Å². The Kier molecular flexibility index (Phi) is 5.13. The van der Waals surface area contributed by atoms with Crippen LogP contribution in [0.1, 0.15) is 22.5 Å². The molecule has 6 nitrogen and oxygen atoms in total. The number of benzene rings is 1. The average Bonchev–Trinajstić information content (AvgIpc) is 2.92. The first-order valence-electron chi connectivity index (χ1n) is 6.68. The van der Waals surface area contributed by atoms with E-state index >= 15 is 0 Å². The zero-order valence-electron chi connectivity index (χ0n) is 12.1. The van der Waals surface area contributed by atoms with Gasteiger partial charge in [-0.3, -0.25) is 9.59 Å². The van der Waals surface area contributed by atoms with Crippen molar-refractivity contribution >= 4 is 23.4 Å². The van der Waals surface area contributed by atoms with Gasteiger partial charge in [-0.15, -0.1) is 0 Å². The van der Waals surface area contributed by atoms with Crippen LogP contribution in [-0.2, 0) is 11.0 Å². The van der Waals surface area contributed by atoms with Gasteiger partial charge in [-0.25, -0.2) is 4.68 Å². The highest BCUT2D eigenvalue weighted by atomic mass is 35.5. The van der Waals surface area contributed by atoms with Crippen LogP contribution in [0.15, 0.2) is 30.5 Å². The normalized spacial score (nSPS) is 11.3. The van der Waals surface area contributed by atoms with Crippen molar-refractivity contribution in [3.8, 4) is 5.69 Å². The zero-order chi connectivity index (χ0) is 17.9. The molecule has 1 heterocycles. The number of carbonyl (C=O) groups is 2. The number of alkyl halides is 3. The largest absolute Gasteiger partial charge is 0.435 e. The van der Waals surface area contributed by atoms with Crippen LogP contribution < -0.4 is 11.1 Å². The van der Waals surface area contributed by atoms with Gasteiger partial charge in [0.25, 0.3) is 5.91 Å². The van der Waals surface area contributed by atoms with Crippen molar-refractivity contribution < 1.29 is 22.8 Å². The molecule has 0 saturated heterocycles. The van der Waals surface area contributed by atoms with Crippen molar-refractivity contribution in [2.75, 3.05) is 6.54 Å². The number of nitrogens with two attached hydrogens (primary N) is 1. The lowest BCUT2D eigenvalue weighted by atomic mass is 10.2. The van der Waals surface area contributed by atoms with Crippen molar-refractivity contribution in [3.63, 3.8) is 0 Å². The number of nitrogens with one attached hydrogen (secondary N) is 1. The summed E-state index contributed by atoms with van der Waals surface area (Å²) in [6.45, 7) is -0.178. The Labute approximate surface area is 139 Å². The van der Waals surface area contributed by atoms with Gasteiger partial charge in [0.05, 0.1) is 16.3 Å². The second-order valence-electron chi connectivity index (χ2n) is 4.76. The maximum atomic E-state index is 13.1. The van der Waals surface area contributed by atoms with Gasteiger partial charge in [0.1, 0.15) is 0 Å². The molecule has 128 valence electrons. The van der Waals surface area contributed by atoms with Gasteiger partial charge in [-0.1, -0.05) is 23.7 Å². The summed E-state index contributed by atoms with van der Waals surface area (Å²) in [7, 11) is 0. The number of rotatable bonds is 5. The van der Waals surface area contributed by atoms with Crippen LogP contribution in [0.25, 0.3) is 5.69 Å². The second-order valence-corrected chi connectivity index (χ2v) is 5.16. The van der Waals surface area contributed by atoms with Crippen molar-refractivity contribution in [1.82, 2.24) is 15.1 Å². The Hall–Kier alpha value is -2.55. The molecule has 0 aliphatic heterocycles. The molecule has 0 radical (unpaired) electrons. The summed E-state index contributed by atoms with van der Waals surface area (Å²) in [4.78, 5) is 22.6. The lowest BCUT2D eigenvalue weighted by Gasteiger charge is -2.06. The number of hydrogen-bond donors (Lipinski definition) is 2. The van der Waals surface area contributed by atoms with Crippen molar-refractivity contribution in [1.29, 1.82) is 0 Å². The van der Waals surface area contributed by atoms with Crippen LogP contribution in [0.2, 0.25) is 5.02 Å². The minimum Gasteiger partial charge on any atom is -0.370 e. The number of carbonyl (C=O) groups excluding carboxylic acids is 2. The van der Waals surface area contributed by atoms with Crippen LogP contribution in [-0.4, -0.2) is 28.1 Å². The predicted octanol–water partition coefficient (Wildman–Crippen LogP) is 2.15. The number of primary amides is 1. The summed E-state index contributed by atoms with van der Waals surface area (Å²) in [5, 5.41) is 5.80. The third-order valence-corrected chi connectivity index (χ3v) is 3.30. The fourth-order valence-corrected chi connectivity index (χ4v) is 2.13. The van der Waals surface area contributed by atoms with Gasteiger partial charge >= 0.3 is 6.18 Å². The highest BCUT2D eigenvalue weighted by Crippen LogP contribution is 2.32. The third-order valence-electron chi connectivity index (χ3n) is 2.98. The summed E-state index contributed by atoms with van der Waals surface area (Å²) >= 11 is 5.94. The molecule has 0 aliphatic carbocycles. The second kappa shape index (κ2) is 6.91. The highest BCUT2D eigenvalue weighted by molar-refractivity contribution is 6.32. The van der Waals surface area contributed by atoms with Crippen molar-refractivity contribution in [2.45, 2.75) is 12.6 Å². The Morgan fingerprint density at radius 3 is 2.54 bits per heavy atom. The van der Waals surface area contributed by atoms with Gasteiger partial charge in [-0.2, -0.15) is 18.3 Å². The Bertz CT molecular complexity index is 774. The summed E-state index contributed by atoms with van der Waals surface area (Å²) in [6.07, 6.45) is -4.09. The molecule has 24 heavy (non-hydrogen) atoms. The first kappa shape index (κ1) is 17.8. The van der Waals surface area contributed by atoms with E-state index in [0.717, 1.165) is 10.9 Å². The maximum absolute atomic E-state index is 13.1. The SMILES string of the molecule is NC(=O)CCNC(=O)c1cn(-c2ccccc2Cl)nc1C(F)(F)F.